The lowest BCUT2D eigenvalue weighted by atomic mass is 10.1. The molecule has 1 N–H and O–H groups in total. The van der Waals surface area contributed by atoms with Gasteiger partial charge in [-0.25, -0.2) is 9.78 Å². The van der Waals surface area contributed by atoms with E-state index in [1.807, 2.05) is 41.1 Å². The fourth-order valence-electron chi connectivity index (χ4n) is 3.38. The van der Waals surface area contributed by atoms with Gasteiger partial charge in [0, 0.05) is 53.0 Å². The number of nitrogens with zero attached hydrogens (tertiary/aromatic N) is 4. The third-order valence-electron chi connectivity index (χ3n) is 4.93. The minimum atomic E-state index is -0.921. The maximum atomic E-state index is 13.3. The van der Waals surface area contributed by atoms with E-state index in [1.54, 1.807) is 31.3 Å². The smallest absolute Gasteiger partial charge is 0.408 e. The van der Waals surface area contributed by atoms with E-state index in [0.29, 0.717) is 18.7 Å². The molecule has 0 spiro atoms. The average Bonchev–Trinajstić information content (AvgIpc) is 3.30. The van der Waals surface area contributed by atoms with Crippen molar-refractivity contribution in [3.05, 3.63) is 54.6 Å². The summed E-state index contributed by atoms with van der Waals surface area (Å²) < 4.78 is 14.9. The first-order valence-electron chi connectivity index (χ1n) is 10.9. The van der Waals surface area contributed by atoms with Crippen molar-refractivity contribution >= 4 is 12.0 Å². The number of alkyl carbamates (subject to hydrolysis) is 1. The Morgan fingerprint density at radius 2 is 1.93 bits per heavy atom. The highest BCUT2D eigenvalue weighted by Crippen LogP contribution is 2.18. The average molecular weight is 415 g/mol. The molecule has 2 amide bonds. The van der Waals surface area contributed by atoms with Crippen LogP contribution >= 0.6 is 0 Å². The van der Waals surface area contributed by atoms with E-state index >= 15 is 0 Å². The van der Waals surface area contributed by atoms with Gasteiger partial charge in [-0.2, -0.15) is 0 Å². The van der Waals surface area contributed by atoms with Crippen molar-refractivity contribution < 1.29 is 15.7 Å². The Balaban J connectivity index is 1.60. The van der Waals surface area contributed by atoms with Gasteiger partial charge in [-0.3, -0.25) is 9.69 Å². The van der Waals surface area contributed by atoms with Crippen molar-refractivity contribution in [3.8, 4) is 0 Å². The predicted octanol–water partition coefficient (Wildman–Crippen LogP) is 2.29. The molecule has 1 aliphatic rings. The molecule has 0 radical (unpaired) electrons. The van der Waals surface area contributed by atoms with Crippen LogP contribution in [0.5, 0.6) is 0 Å². The van der Waals surface area contributed by atoms with Crippen LogP contribution in [0.25, 0.3) is 0 Å². The first-order valence-corrected chi connectivity index (χ1v) is 10.2. The van der Waals surface area contributed by atoms with Gasteiger partial charge in [0.1, 0.15) is 11.6 Å². The summed E-state index contributed by atoms with van der Waals surface area (Å²) in [5.74, 6) is -0.152. The number of carbonyl (C=O) groups is 2. The fraction of sp³-hybridized carbons (Fsp3) is 0.500. The number of nitrogens with one attached hydrogen (secondary N) is 1. The molecule has 8 heteroatoms. The summed E-state index contributed by atoms with van der Waals surface area (Å²) in [6.07, 6.45) is 4.82. The Bertz CT molecular complexity index is 836. The highest BCUT2D eigenvalue weighted by molar-refractivity contribution is 5.87. The van der Waals surface area contributed by atoms with E-state index in [9.17, 15) is 9.59 Å². The normalized spacial score (nSPS) is 16.6. The molecule has 1 unspecified atom stereocenters. The number of hydrogen-bond donors (Lipinski definition) is 1. The highest BCUT2D eigenvalue weighted by atomic mass is 16.6. The molecule has 2 aromatic rings. The summed E-state index contributed by atoms with van der Waals surface area (Å²) in [5, 5.41) is 2.72. The summed E-state index contributed by atoms with van der Waals surface area (Å²) in [4.78, 5) is 33.9. The second-order valence-electron chi connectivity index (χ2n) is 8.10. The first kappa shape index (κ1) is 20.4. The van der Waals surface area contributed by atoms with Gasteiger partial charge in [0.05, 0.1) is 6.33 Å². The van der Waals surface area contributed by atoms with Gasteiger partial charge in [-0.15, -0.1) is 0 Å². The standard InChI is InChI=1S/C22H31N5O3/c1-22(2,3)30-21(29)24-19(18-7-5-4-6-8-18)20(28)27-15-13-25(14-16-27)11-12-26-10-9-23-17-26/h4-10,17,19H,11-16H2,1-3H3,(H,24,29)/i1D. The van der Waals surface area contributed by atoms with Gasteiger partial charge in [-0.1, -0.05) is 30.3 Å². The lowest BCUT2D eigenvalue weighted by molar-refractivity contribution is -0.135. The molecule has 0 aliphatic carbocycles. The van der Waals surface area contributed by atoms with Crippen LogP contribution in [-0.2, 0) is 16.1 Å². The molecule has 0 bridgehead atoms. The van der Waals surface area contributed by atoms with Gasteiger partial charge in [0.15, 0.2) is 0 Å². The molecule has 0 saturated carbocycles. The van der Waals surface area contributed by atoms with E-state index in [4.69, 9.17) is 6.11 Å². The number of hydrogen-bond acceptors (Lipinski definition) is 5. The topological polar surface area (TPSA) is 79.7 Å². The minimum absolute atomic E-state index is 0.0641. The largest absolute Gasteiger partial charge is 0.444 e. The van der Waals surface area contributed by atoms with Gasteiger partial charge in [0.2, 0.25) is 5.91 Å². The predicted molar refractivity (Wildman–Crippen MR) is 114 cm³/mol. The number of carbonyl (C=O) groups excluding carboxylic acids is 2. The van der Waals surface area contributed by atoms with Crippen LogP contribution in [0.2, 0.25) is 0 Å². The third kappa shape index (κ3) is 6.32. The zero-order valence-electron chi connectivity index (χ0n) is 18.7. The summed E-state index contributed by atoms with van der Waals surface area (Å²) in [5.41, 5.74) is -0.217. The molecule has 1 fully saturated rings. The fourth-order valence-corrected chi connectivity index (χ4v) is 3.38. The Morgan fingerprint density at radius 3 is 2.57 bits per heavy atom. The van der Waals surface area contributed by atoms with Crippen molar-refractivity contribution in [1.29, 1.82) is 0 Å². The number of piperazine rings is 1. The molecule has 2 heterocycles. The Hall–Kier alpha value is -2.87. The zero-order chi connectivity index (χ0) is 22.3. The van der Waals surface area contributed by atoms with E-state index in [-0.39, 0.29) is 12.8 Å². The molecule has 1 aromatic heterocycles. The number of ether oxygens (including phenoxy) is 1. The summed E-state index contributed by atoms with van der Waals surface area (Å²) >= 11 is 0. The zero-order valence-corrected chi connectivity index (χ0v) is 17.7. The van der Waals surface area contributed by atoms with Crippen molar-refractivity contribution in [2.45, 2.75) is 38.9 Å². The molecule has 3 rings (SSSR count). The van der Waals surface area contributed by atoms with Gasteiger partial charge in [-0.05, 0) is 26.3 Å². The Kier molecular flexibility index (Phi) is 6.63. The summed E-state index contributed by atoms with van der Waals surface area (Å²) in [6.45, 7) is 7.78. The Labute approximate surface area is 179 Å². The molecular formula is C22H31N5O3. The van der Waals surface area contributed by atoms with Crippen LogP contribution in [0.15, 0.2) is 49.1 Å². The first-order chi connectivity index (χ1) is 14.9. The number of aromatic nitrogens is 2. The second kappa shape index (κ2) is 9.75. The van der Waals surface area contributed by atoms with E-state index in [2.05, 4.69) is 15.2 Å². The maximum Gasteiger partial charge on any atom is 0.408 e. The molecule has 1 aliphatic heterocycles. The van der Waals surface area contributed by atoms with Crippen LogP contribution in [-0.4, -0.2) is 69.7 Å². The van der Waals surface area contributed by atoms with Crippen LogP contribution in [0, 0.1) is 0 Å². The van der Waals surface area contributed by atoms with Gasteiger partial charge >= 0.3 is 6.09 Å². The SMILES string of the molecule is [2H]CC(C)(C)OC(=O)NC(C(=O)N1CCN(CCn2ccnc2)CC1)c1ccccc1. The highest BCUT2D eigenvalue weighted by Gasteiger charge is 2.31. The number of benzene rings is 1. The molecule has 1 atom stereocenters. The summed E-state index contributed by atoms with van der Waals surface area (Å²) in [7, 11) is 0. The lowest BCUT2D eigenvalue weighted by Gasteiger charge is -2.36. The van der Waals surface area contributed by atoms with Crippen LogP contribution in [0.3, 0.4) is 0 Å². The van der Waals surface area contributed by atoms with Gasteiger partial charge in [0.25, 0.3) is 0 Å². The van der Waals surface area contributed by atoms with E-state index < -0.39 is 17.7 Å². The Morgan fingerprint density at radius 1 is 1.20 bits per heavy atom. The van der Waals surface area contributed by atoms with Crippen molar-refractivity contribution in [3.63, 3.8) is 0 Å². The van der Waals surface area contributed by atoms with Crippen molar-refractivity contribution in [1.82, 2.24) is 24.7 Å². The van der Waals surface area contributed by atoms with Gasteiger partial charge < -0.3 is 19.5 Å². The molecule has 1 saturated heterocycles. The van der Waals surface area contributed by atoms with Crippen LogP contribution in [0.4, 0.5) is 4.79 Å². The van der Waals surface area contributed by atoms with Crippen LogP contribution < -0.4 is 5.32 Å². The minimum Gasteiger partial charge on any atom is -0.444 e. The third-order valence-corrected chi connectivity index (χ3v) is 4.93. The number of amides is 2. The molecule has 30 heavy (non-hydrogen) atoms. The molecule has 1 aromatic carbocycles. The lowest BCUT2D eigenvalue weighted by Crippen LogP contribution is -2.52. The molecule has 162 valence electrons. The monoisotopic (exact) mass is 414 g/mol. The second-order valence-corrected chi connectivity index (χ2v) is 8.10. The number of rotatable bonds is 6. The van der Waals surface area contributed by atoms with E-state index in [0.717, 1.165) is 26.2 Å². The summed E-state index contributed by atoms with van der Waals surface area (Å²) in [6, 6.07) is 8.35. The van der Waals surface area contributed by atoms with Crippen molar-refractivity contribution in [2.24, 2.45) is 0 Å². The quantitative estimate of drug-likeness (QED) is 0.785. The maximum absolute atomic E-state index is 13.3. The number of imidazole rings is 1. The molecular weight excluding hydrogens is 382 g/mol. The van der Waals surface area contributed by atoms with Crippen LogP contribution in [0.1, 0.15) is 33.7 Å². The van der Waals surface area contributed by atoms with E-state index in [1.165, 1.54) is 0 Å². The van der Waals surface area contributed by atoms with Crippen molar-refractivity contribution in [2.75, 3.05) is 32.7 Å². The molecule has 8 nitrogen and oxygen atoms in total.